The molecule has 1 amide bonds. The molecule has 2 aromatic rings. The zero-order chi connectivity index (χ0) is 18.9. The van der Waals surface area contributed by atoms with Crippen molar-refractivity contribution in [2.24, 2.45) is 0 Å². The van der Waals surface area contributed by atoms with Crippen molar-refractivity contribution in [3.05, 3.63) is 29.3 Å². The van der Waals surface area contributed by atoms with E-state index < -0.39 is 15.8 Å². The third-order valence-electron chi connectivity index (χ3n) is 3.75. The first kappa shape index (κ1) is 18.3. The Balaban J connectivity index is 1.82. The minimum atomic E-state index is -3.42. The molecule has 1 aliphatic rings. The number of rotatable bonds is 5. The Bertz CT molecular complexity index is 968. The molecule has 1 aromatic heterocycles. The smallest absolute Gasteiger partial charge is 0.331 e. The van der Waals surface area contributed by atoms with Gasteiger partial charge in [0.15, 0.2) is 20.7 Å². The van der Waals surface area contributed by atoms with Gasteiger partial charge in [-0.1, -0.05) is 6.92 Å². The number of amides is 1. The van der Waals surface area contributed by atoms with Crippen molar-refractivity contribution in [1.29, 1.82) is 0 Å². The Morgan fingerprint density at radius 3 is 2.85 bits per heavy atom. The standard InChI is InChI=1S/C16H17N3O5S2/c1-3-26(22,23)11-4-5-12-13(6-11)24-15(21)8-19(12)7-14(20)18-16-17-10(2)9-25-16/h4-6,9H,3,7-8H2,1-2H3,(H,17,18,20). The Morgan fingerprint density at radius 1 is 1.42 bits per heavy atom. The normalized spacial score (nSPS) is 13.9. The van der Waals surface area contributed by atoms with E-state index >= 15 is 0 Å². The van der Waals surface area contributed by atoms with Gasteiger partial charge in [-0.25, -0.2) is 18.2 Å². The average Bonchev–Trinajstić information content (AvgIpc) is 2.98. The number of carbonyl (C=O) groups excluding carboxylic acids is 2. The van der Waals surface area contributed by atoms with Gasteiger partial charge >= 0.3 is 5.97 Å². The summed E-state index contributed by atoms with van der Waals surface area (Å²) >= 11 is 1.31. The minimum absolute atomic E-state index is 0.0565. The van der Waals surface area contributed by atoms with E-state index in [0.29, 0.717) is 10.8 Å². The van der Waals surface area contributed by atoms with Gasteiger partial charge in [0.25, 0.3) is 0 Å². The van der Waals surface area contributed by atoms with Crippen LogP contribution >= 0.6 is 11.3 Å². The lowest BCUT2D eigenvalue weighted by atomic mass is 10.2. The molecule has 2 heterocycles. The number of aromatic nitrogens is 1. The Labute approximate surface area is 154 Å². The number of nitrogens with one attached hydrogen (secondary N) is 1. The maximum Gasteiger partial charge on any atom is 0.331 e. The first-order valence-electron chi connectivity index (χ1n) is 7.83. The van der Waals surface area contributed by atoms with E-state index in [1.165, 1.54) is 30.4 Å². The Morgan fingerprint density at radius 2 is 2.19 bits per heavy atom. The summed E-state index contributed by atoms with van der Waals surface area (Å²) in [4.78, 5) is 29.9. The third kappa shape index (κ3) is 3.86. The molecule has 8 nitrogen and oxygen atoms in total. The van der Waals surface area contributed by atoms with Gasteiger partial charge in [0.2, 0.25) is 5.91 Å². The quantitative estimate of drug-likeness (QED) is 0.605. The highest BCUT2D eigenvalue weighted by Crippen LogP contribution is 2.34. The average molecular weight is 395 g/mol. The molecule has 138 valence electrons. The molecule has 0 fully saturated rings. The maximum absolute atomic E-state index is 12.2. The van der Waals surface area contributed by atoms with Crippen molar-refractivity contribution < 1.29 is 22.7 Å². The van der Waals surface area contributed by atoms with Crippen LogP contribution in [0.15, 0.2) is 28.5 Å². The predicted octanol–water partition coefficient (Wildman–Crippen LogP) is 1.61. The molecule has 0 radical (unpaired) electrons. The van der Waals surface area contributed by atoms with E-state index in [1.54, 1.807) is 11.0 Å². The van der Waals surface area contributed by atoms with E-state index in [-0.39, 0.29) is 35.4 Å². The van der Waals surface area contributed by atoms with E-state index in [1.807, 2.05) is 12.3 Å². The molecule has 26 heavy (non-hydrogen) atoms. The second-order valence-electron chi connectivity index (χ2n) is 5.71. The summed E-state index contributed by atoms with van der Waals surface area (Å²) in [5.74, 6) is -0.806. The van der Waals surface area contributed by atoms with Gasteiger partial charge in [0.05, 0.1) is 28.6 Å². The van der Waals surface area contributed by atoms with Crippen molar-refractivity contribution in [3.8, 4) is 5.75 Å². The van der Waals surface area contributed by atoms with E-state index in [2.05, 4.69) is 10.3 Å². The number of esters is 1. The lowest BCUT2D eigenvalue weighted by Gasteiger charge is -2.29. The SMILES string of the molecule is CCS(=O)(=O)c1ccc2c(c1)OC(=O)CN2CC(=O)Nc1nc(C)cs1. The molecule has 1 aliphatic heterocycles. The van der Waals surface area contributed by atoms with Gasteiger partial charge in [-0.05, 0) is 19.1 Å². The highest BCUT2D eigenvalue weighted by atomic mass is 32.2. The van der Waals surface area contributed by atoms with Crippen LogP contribution in [-0.4, -0.2) is 44.1 Å². The summed E-state index contributed by atoms with van der Waals surface area (Å²) in [7, 11) is -3.42. The van der Waals surface area contributed by atoms with Gasteiger partial charge in [0.1, 0.15) is 6.54 Å². The van der Waals surface area contributed by atoms with Crippen molar-refractivity contribution in [2.75, 3.05) is 29.1 Å². The van der Waals surface area contributed by atoms with Crippen LogP contribution in [0.2, 0.25) is 0 Å². The first-order valence-corrected chi connectivity index (χ1v) is 10.4. The molecule has 0 spiro atoms. The van der Waals surface area contributed by atoms with Gasteiger partial charge in [-0.15, -0.1) is 11.3 Å². The number of carbonyl (C=O) groups is 2. The number of fused-ring (bicyclic) bond motifs is 1. The molecule has 0 unspecified atom stereocenters. The lowest BCUT2D eigenvalue weighted by Crippen LogP contribution is -2.41. The monoisotopic (exact) mass is 395 g/mol. The zero-order valence-electron chi connectivity index (χ0n) is 14.2. The highest BCUT2D eigenvalue weighted by molar-refractivity contribution is 7.91. The van der Waals surface area contributed by atoms with E-state index in [0.717, 1.165) is 5.69 Å². The fourth-order valence-corrected chi connectivity index (χ4v) is 4.08. The molecule has 0 saturated carbocycles. The molecule has 3 rings (SSSR count). The minimum Gasteiger partial charge on any atom is -0.423 e. The second-order valence-corrected chi connectivity index (χ2v) is 8.84. The van der Waals surface area contributed by atoms with Crippen molar-refractivity contribution in [1.82, 2.24) is 4.98 Å². The number of thiazole rings is 1. The molecule has 0 bridgehead atoms. The van der Waals surface area contributed by atoms with E-state index in [4.69, 9.17) is 4.74 Å². The number of benzene rings is 1. The first-order chi connectivity index (χ1) is 12.3. The second kappa shape index (κ2) is 7.04. The molecule has 1 aromatic carbocycles. The number of anilines is 2. The summed E-state index contributed by atoms with van der Waals surface area (Å²) in [5.41, 5.74) is 1.30. The number of hydrogen-bond acceptors (Lipinski definition) is 8. The highest BCUT2D eigenvalue weighted by Gasteiger charge is 2.27. The summed E-state index contributed by atoms with van der Waals surface area (Å²) in [6.07, 6.45) is 0. The fourth-order valence-electron chi connectivity index (χ4n) is 2.48. The zero-order valence-corrected chi connectivity index (χ0v) is 15.8. The molecular weight excluding hydrogens is 378 g/mol. The predicted molar refractivity (Wildman–Crippen MR) is 97.5 cm³/mol. The van der Waals surface area contributed by atoms with Crippen molar-refractivity contribution in [3.63, 3.8) is 0 Å². The van der Waals surface area contributed by atoms with Crippen LogP contribution in [0.25, 0.3) is 0 Å². The molecule has 1 N–H and O–H groups in total. The Kier molecular flexibility index (Phi) is 4.97. The molecule has 0 saturated heterocycles. The van der Waals surface area contributed by atoms with Crippen LogP contribution in [-0.2, 0) is 19.4 Å². The number of sulfone groups is 1. The van der Waals surface area contributed by atoms with Gasteiger partial charge in [-0.3, -0.25) is 4.79 Å². The van der Waals surface area contributed by atoms with Crippen LogP contribution in [0.5, 0.6) is 5.75 Å². The largest absolute Gasteiger partial charge is 0.423 e. The topological polar surface area (TPSA) is 106 Å². The number of aryl methyl sites for hydroxylation is 1. The number of nitrogens with zero attached hydrogens (tertiary/aromatic N) is 2. The lowest BCUT2D eigenvalue weighted by molar-refractivity contribution is -0.133. The summed E-state index contributed by atoms with van der Waals surface area (Å²) in [5, 5.41) is 4.98. The van der Waals surface area contributed by atoms with Crippen LogP contribution < -0.4 is 15.0 Å². The molecule has 10 heteroatoms. The van der Waals surface area contributed by atoms with Gasteiger partial charge < -0.3 is 15.0 Å². The molecule has 0 aliphatic carbocycles. The summed E-state index contributed by atoms with van der Waals surface area (Å²) < 4.78 is 29.2. The maximum atomic E-state index is 12.2. The summed E-state index contributed by atoms with van der Waals surface area (Å²) in [6, 6.07) is 4.32. The van der Waals surface area contributed by atoms with Crippen LogP contribution in [0.3, 0.4) is 0 Å². The molecule has 0 atom stereocenters. The third-order valence-corrected chi connectivity index (χ3v) is 6.36. The Hall–Kier alpha value is -2.46. The fraction of sp³-hybridized carbons (Fsp3) is 0.312. The number of ether oxygens (including phenoxy) is 1. The van der Waals surface area contributed by atoms with Gasteiger partial charge in [-0.2, -0.15) is 0 Å². The molecular formula is C16H17N3O5S2. The van der Waals surface area contributed by atoms with E-state index in [9.17, 15) is 18.0 Å². The number of hydrogen-bond donors (Lipinski definition) is 1. The van der Waals surface area contributed by atoms with Gasteiger partial charge in [0, 0.05) is 11.4 Å². The van der Waals surface area contributed by atoms with Crippen LogP contribution in [0.4, 0.5) is 10.8 Å². The van der Waals surface area contributed by atoms with Crippen molar-refractivity contribution in [2.45, 2.75) is 18.7 Å². The van der Waals surface area contributed by atoms with Crippen LogP contribution in [0, 0.1) is 6.92 Å². The van der Waals surface area contributed by atoms with Crippen molar-refractivity contribution >= 4 is 43.9 Å². The van der Waals surface area contributed by atoms with Crippen LogP contribution in [0.1, 0.15) is 12.6 Å². The summed E-state index contributed by atoms with van der Waals surface area (Å²) in [6.45, 7) is 3.18.